The number of anilines is 1. The number of hydrogen-bond acceptors (Lipinski definition) is 4. The second kappa shape index (κ2) is 7.64. The van der Waals surface area contributed by atoms with E-state index in [1.165, 1.54) is 31.3 Å². The summed E-state index contributed by atoms with van der Waals surface area (Å²) >= 11 is 17.4. The number of esters is 1. The first-order valence-electron chi connectivity index (χ1n) is 6.45. The Balaban J connectivity index is 2.01. The molecule has 0 aliphatic rings. The zero-order valence-corrected chi connectivity index (χ0v) is 14.1. The molecule has 0 radical (unpaired) electrons. The van der Waals surface area contributed by atoms with Crippen molar-refractivity contribution in [1.82, 2.24) is 4.98 Å². The third-order valence-electron chi connectivity index (χ3n) is 2.80. The van der Waals surface area contributed by atoms with Crippen LogP contribution in [0.15, 0.2) is 36.5 Å². The molecule has 0 fully saturated rings. The highest BCUT2D eigenvalue weighted by molar-refractivity contribution is 6.35. The summed E-state index contributed by atoms with van der Waals surface area (Å²) in [5.74, 6) is -1.22. The van der Waals surface area contributed by atoms with Crippen molar-refractivity contribution < 1.29 is 14.3 Å². The predicted molar refractivity (Wildman–Crippen MR) is 89.2 cm³/mol. The molecule has 8 heteroatoms. The van der Waals surface area contributed by atoms with E-state index in [-0.39, 0.29) is 10.7 Å². The molecule has 0 bridgehead atoms. The Morgan fingerprint density at radius 2 is 1.91 bits per heavy atom. The van der Waals surface area contributed by atoms with Crippen molar-refractivity contribution in [2.75, 3.05) is 5.32 Å². The van der Waals surface area contributed by atoms with Crippen LogP contribution in [0.4, 0.5) is 5.69 Å². The number of benzene rings is 1. The van der Waals surface area contributed by atoms with Gasteiger partial charge in [-0.2, -0.15) is 0 Å². The van der Waals surface area contributed by atoms with Crippen LogP contribution in [0.3, 0.4) is 0 Å². The van der Waals surface area contributed by atoms with E-state index in [4.69, 9.17) is 39.5 Å². The van der Waals surface area contributed by atoms with Gasteiger partial charge in [0.05, 0.1) is 16.3 Å². The van der Waals surface area contributed by atoms with Crippen LogP contribution in [0.2, 0.25) is 15.2 Å². The van der Waals surface area contributed by atoms with Crippen molar-refractivity contribution in [2.24, 2.45) is 0 Å². The van der Waals surface area contributed by atoms with Gasteiger partial charge in [-0.25, -0.2) is 9.78 Å². The van der Waals surface area contributed by atoms with Gasteiger partial charge in [0, 0.05) is 11.2 Å². The largest absolute Gasteiger partial charge is 0.449 e. The molecule has 1 unspecified atom stereocenters. The number of aromatic nitrogens is 1. The number of halogens is 3. The Morgan fingerprint density at radius 3 is 2.57 bits per heavy atom. The molecule has 1 heterocycles. The van der Waals surface area contributed by atoms with Crippen molar-refractivity contribution in [2.45, 2.75) is 13.0 Å². The second-order valence-electron chi connectivity index (χ2n) is 4.53. The Labute approximate surface area is 147 Å². The molecular weight excluding hydrogens is 363 g/mol. The number of nitrogens with zero attached hydrogens (tertiary/aromatic N) is 1. The summed E-state index contributed by atoms with van der Waals surface area (Å²) < 4.78 is 5.07. The van der Waals surface area contributed by atoms with Crippen LogP contribution in [0.1, 0.15) is 17.3 Å². The van der Waals surface area contributed by atoms with Gasteiger partial charge in [0.1, 0.15) is 5.15 Å². The molecule has 1 aromatic heterocycles. The van der Waals surface area contributed by atoms with Crippen LogP contribution in [-0.4, -0.2) is 23.0 Å². The zero-order valence-electron chi connectivity index (χ0n) is 11.8. The van der Waals surface area contributed by atoms with Crippen LogP contribution in [0.25, 0.3) is 0 Å². The van der Waals surface area contributed by atoms with Gasteiger partial charge < -0.3 is 10.1 Å². The third-order valence-corrected chi connectivity index (χ3v) is 3.59. The SMILES string of the molecule is CC(OC(=O)c1ccc(Cl)nc1)C(=O)Nc1cc(Cl)ccc1Cl. The molecule has 23 heavy (non-hydrogen) atoms. The molecule has 2 rings (SSSR count). The van der Waals surface area contributed by atoms with Crippen molar-refractivity contribution in [1.29, 1.82) is 0 Å². The summed E-state index contributed by atoms with van der Waals surface area (Å²) in [7, 11) is 0. The van der Waals surface area contributed by atoms with E-state index in [1.54, 1.807) is 12.1 Å². The minimum atomic E-state index is -1.03. The molecular formula is C15H11Cl3N2O3. The molecule has 0 aliphatic carbocycles. The highest BCUT2D eigenvalue weighted by atomic mass is 35.5. The fraction of sp³-hybridized carbons (Fsp3) is 0.133. The van der Waals surface area contributed by atoms with E-state index in [0.29, 0.717) is 15.7 Å². The van der Waals surface area contributed by atoms with Gasteiger partial charge in [-0.3, -0.25) is 4.79 Å². The average molecular weight is 374 g/mol. The number of pyridine rings is 1. The van der Waals surface area contributed by atoms with Crippen LogP contribution >= 0.6 is 34.8 Å². The van der Waals surface area contributed by atoms with Gasteiger partial charge >= 0.3 is 5.97 Å². The fourth-order valence-corrected chi connectivity index (χ4v) is 2.06. The predicted octanol–water partition coefficient (Wildman–Crippen LogP) is 4.23. The maximum absolute atomic E-state index is 12.1. The van der Waals surface area contributed by atoms with Gasteiger partial charge in [-0.1, -0.05) is 34.8 Å². The lowest BCUT2D eigenvalue weighted by molar-refractivity contribution is -0.123. The van der Waals surface area contributed by atoms with Gasteiger partial charge in [-0.05, 0) is 37.3 Å². The lowest BCUT2D eigenvalue weighted by Crippen LogP contribution is -2.30. The number of rotatable bonds is 4. The summed E-state index contributed by atoms with van der Waals surface area (Å²) in [5, 5.41) is 3.54. The number of amides is 1. The Morgan fingerprint density at radius 1 is 1.17 bits per heavy atom. The molecule has 1 atom stereocenters. The highest BCUT2D eigenvalue weighted by Gasteiger charge is 2.20. The first kappa shape index (κ1) is 17.5. The average Bonchev–Trinajstić information content (AvgIpc) is 2.51. The van der Waals surface area contributed by atoms with Gasteiger partial charge in [0.25, 0.3) is 5.91 Å². The minimum Gasteiger partial charge on any atom is -0.449 e. The maximum atomic E-state index is 12.1. The molecule has 0 saturated carbocycles. The summed E-state index contributed by atoms with van der Waals surface area (Å²) in [6.07, 6.45) is 0.233. The minimum absolute atomic E-state index is 0.190. The summed E-state index contributed by atoms with van der Waals surface area (Å²) in [6.45, 7) is 1.44. The highest BCUT2D eigenvalue weighted by Crippen LogP contribution is 2.25. The Hall–Kier alpha value is -1.82. The molecule has 120 valence electrons. The van der Waals surface area contributed by atoms with Crippen LogP contribution in [0, 0.1) is 0 Å². The van der Waals surface area contributed by atoms with Gasteiger partial charge in [-0.15, -0.1) is 0 Å². The molecule has 2 aromatic rings. The maximum Gasteiger partial charge on any atom is 0.340 e. The number of carbonyl (C=O) groups is 2. The topological polar surface area (TPSA) is 68.3 Å². The summed E-state index contributed by atoms with van der Waals surface area (Å²) in [5.41, 5.74) is 0.523. The molecule has 5 nitrogen and oxygen atoms in total. The van der Waals surface area contributed by atoms with E-state index >= 15 is 0 Å². The number of nitrogens with one attached hydrogen (secondary N) is 1. The summed E-state index contributed by atoms with van der Waals surface area (Å²) in [6, 6.07) is 7.55. The standard InChI is InChI=1S/C15H11Cl3N2O3/c1-8(23-15(22)9-2-5-13(18)19-7-9)14(21)20-12-6-10(16)3-4-11(12)17/h2-8H,1H3,(H,20,21). The van der Waals surface area contributed by atoms with E-state index in [1.807, 2.05) is 0 Å². The van der Waals surface area contributed by atoms with Crippen LogP contribution < -0.4 is 5.32 Å². The van der Waals surface area contributed by atoms with Gasteiger partial charge in [0.15, 0.2) is 6.10 Å². The van der Waals surface area contributed by atoms with Gasteiger partial charge in [0.2, 0.25) is 0 Å². The summed E-state index contributed by atoms with van der Waals surface area (Å²) in [4.78, 5) is 27.8. The molecule has 0 saturated heterocycles. The molecule has 0 aliphatic heterocycles. The molecule has 1 N–H and O–H groups in total. The first-order valence-corrected chi connectivity index (χ1v) is 7.58. The lowest BCUT2D eigenvalue weighted by Gasteiger charge is -2.14. The van der Waals surface area contributed by atoms with E-state index in [9.17, 15) is 9.59 Å². The quantitative estimate of drug-likeness (QED) is 0.643. The number of carbonyl (C=O) groups excluding carboxylic acids is 2. The van der Waals surface area contributed by atoms with E-state index in [0.717, 1.165) is 0 Å². The normalized spacial score (nSPS) is 11.7. The van der Waals surface area contributed by atoms with Crippen molar-refractivity contribution >= 4 is 52.4 Å². The van der Waals surface area contributed by atoms with Crippen molar-refractivity contribution in [3.8, 4) is 0 Å². The third kappa shape index (κ3) is 4.82. The van der Waals surface area contributed by atoms with E-state index in [2.05, 4.69) is 10.3 Å². The fourth-order valence-electron chi connectivity index (χ4n) is 1.61. The second-order valence-corrected chi connectivity index (χ2v) is 5.76. The number of hydrogen-bond donors (Lipinski definition) is 1. The molecule has 1 aromatic carbocycles. The smallest absolute Gasteiger partial charge is 0.340 e. The van der Waals surface area contributed by atoms with Crippen molar-refractivity contribution in [3.05, 3.63) is 57.3 Å². The van der Waals surface area contributed by atoms with Crippen LogP contribution in [0.5, 0.6) is 0 Å². The molecule has 1 amide bonds. The van der Waals surface area contributed by atoms with E-state index < -0.39 is 18.0 Å². The van der Waals surface area contributed by atoms with Crippen LogP contribution in [-0.2, 0) is 9.53 Å². The molecule has 0 spiro atoms. The first-order chi connectivity index (χ1) is 10.9. The lowest BCUT2D eigenvalue weighted by atomic mass is 10.2. The number of ether oxygens (including phenoxy) is 1. The monoisotopic (exact) mass is 372 g/mol. The van der Waals surface area contributed by atoms with Crippen molar-refractivity contribution in [3.63, 3.8) is 0 Å². The zero-order chi connectivity index (χ0) is 17.0. The Kier molecular flexibility index (Phi) is 5.82. The Bertz CT molecular complexity index is 735.